The van der Waals surface area contributed by atoms with Crippen molar-refractivity contribution in [3.05, 3.63) is 17.3 Å². The number of allylic oxidation sites excluding steroid dienone is 1. The van der Waals surface area contributed by atoms with Gasteiger partial charge in [0, 0.05) is 36.8 Å². The molecule has 2 aromatic heterocycles. The van der Waals surface area contributed by atoms with Gasteiger partial charge in [-0.25, -0.2) is 4.98 Å². The first-order valence-corrected chi connectivity index (χ1v) is 10.7. The molecule has 0 radical (unpaired) electrons. The van der Waals surface area contributed by atoms with Crippen molar-refractivity contribution >= 4 is 39.3 Å². The highest BCUT2D eigenvalue weighted by Gasteiger charge is 2.40. The number of fused-ring (bicyclic) bond motifs is 3. The van der Waals surface area contributed by atoms with Gasteiger partial charge in [0.2, 0.25) is 5.95 Å². The number of nitrogens with zero attached hydrogens (tertiary/aromatic N) is 5. The van der Waals surface area contributed by atoms with Gasteiger partial charge in [0.25, 0.3) is 0 Å². The Morgan fingerprint density at radius 3 is 2.86 bits per heavy atom. The quantitative estimate of drug-likeness (QED) is 0.420. The van der Waals surface area contributed by atoms with Crippen molar-refractivity contribution in [3.63, 3.8) is 0 Å². The Hall–Kier alpha value is -2.77. The predicted molar refractivity (Wildman–Crippen MR) is 115 cm³/mol. The molecule has 0 saturated carbocycles. The number of aromatic nitrogens is 3. The normalized spacial score (nSPS) is 24.4. The van der Waals surface area contributed by atoms with E-state index in [4.69, 9.17) is 16.4 Å². The van der Waals surface area contributed by atoms with Gasteiger partial charge in [-0.3, -0.25) is 10.3 Å². The summed E-state index contributed by atoms with van der Waals surface area (Å²) in [6, 6.07) is 3.63. The third kappa shape index (κ3) is 4.31. The number of hydrogen-bond donors (Lipinski definition) is 4. The lowest BCUT2D eigenvalue weighted by molar-refractivity contribution is 0.136. The minimum absolute atomic E-state index is 0.142. The van der Waals surface area contributed by atoms with Crippen LogP contribution in [0.15, 0.2) is 17.3 Å². The second kappa shape index (κ2) is 8.31. The highest BCUT2D eigenvalue weighted by Crippen LogP contribution is 2.37. The maximum atomic E-state index is 8.91. The summed E-state index contributed by atoms with van der Waals surface area (Å²) in [6.45, 7) is 2.60. The SMILES string of the molecule is C/C(N)=C/C(=N)Nc1nc(N[C@@H]2C[C@H]3CC[C@@H](C2)N3CCC#N)c2ncsc2n1. The third-order valence-electron chi connectivity index (χ3n) is 5.52. The summed E-state index contributed by atoms with van der Waals surface area (Å²) >= 11 is 1.45. The number of piperidine rings is 1. The lowest BCUT2D eigenvalue weighted by atomic mass is 9.97. The fourth-order valence-electron chi connectivity index (χ4n) is 4.43. The molecule has 0 aromatic carbocycles. The summed E-state index contributed by atoms with van der Waals surface area (Å²) in [5, 5.41) is 23.4. The van der Waals surface area contributed by atoms with Gasteiger partial charge in [-0.05, 0) is 38.7 Å². The van der Waals surface area contributed by atoms with Crippen molar-refractivity contribution in [3.8, 4) is 6.07 Å². The number of anilines is 2. The molecule has 2 aliphatic rings. The molecule has 2 saturated heterocycles. The topological polar surface area (TPSA) is 140 Å². The van der Waals surface area contributed by atoms with Crippen LogP contribution in [0.25, 0.3) is 10.3 Å². The standard InChI is InChI=1S/C19H25N9S/c1-11(21)7-15(22)25-19-26-17(16-18(27-19)29-10-23-16)24-12-8-13-3-4-14(9-12)28(13)6-2-5-20/h7,10,12-14H,2-4,6,8-9,21H2,1H3,(H3,22,24,25,26,27)/b11-7-/t12-,13-,14+. The molecule has 5 N–H and O–H groups in total. The van der Waals surface area contributed by atoms with Crippen LogP contribution < -0.4 is 16.4 Å². The highest BCUT2D eigenvalue weighted by molar-refractivity contribution is 7.16. The van der Waals surface area contributed by atoms with Gasteiger partial charge >= 0.3 is 0 Å². The van der Waals surface area contributed by atoms with Crippen molar-refractivity contribution in [1.82, 2.24) is 19.9 Å². The monoisotopic (exact) mass is 411 g/mol. The fraction of sp³-hybridized carbons (Fsp3) is 0.526. The summed E-state index contributed by atoms with van der Waals surface area (Å²) < 4.78 is 0. The predicted octanol–water partition coefficient (Wildman–Crippen LogP) is 2.66. The van der Waals surface area contributed by atoms with Gasteiger partial charge in [-0.1, -0.05) is 0 Å². The molecular formula is C19H25N9S. The Kier molecular flexibility index (Phi) is 5.60. The minimum Gasteiger partial charge on any atom is -0.402 e. The van der Waals surface area contributed by atoms with Crippen LogP contribution in [0.5, 0.6) is 0 Å². The Morgan fingerprint density at radius 1 is 1.41 bits per heavy atom. The average molecular weight is 412 g/mol. The summed E-state index contributed by atoms with van der Waals surface area (Å²) in [5.41, 5.74) is 8.71. The molecular weight excluding hydrogens is 386 g/mol. The second-order valence-electron chi connectivity index (χ2n) is 7.67. The summed E-state index contributed by atoms with van der Waals surface area (Å²) in [7, 11) is 0. The number of amidine groups is 1. The van der Waals surface area contributed by atoms with Crippen LogP contribution in [0.2, 0.25) is 0 Å². The van der Waals surface area contributed by atoms with Crippen LogP contribution in [0.3, 0.4) is 0 Å². The summed E-state index contributed by atoms with van der Waals surface area (Å²) in [4.78, 5) is 16.8. The Labute approximate surface area is 173 Å². The molecule has 0 unspecified atom stereocenters. The molecule has 0 amide bonds. The zero-order valence-electron chi connectivity index (χ0n) is 16.4. The van der Waals surface area contributed by atoms with Crippen LogP contribution in [0.4, 0.5) is 11.8 Å². The summed E-state index contributed by atoms with van der Waals surface area (Å²) in [5.74, 6) is 1.21. The lowest BCUT2D eigenvalue weighted by Gasteiger charge is -2.39. The van der Waals surface area contributed by atoms with Gasteiger partial charge < -0.3 is 16.4 Å². The zero-order valence-corrected chi connectivity index (χ0v) is 17.2. The molecule has 3 atom stereocenters. The van der Waals surface area contributed by atoms with Crippen LogP contribution in [0, 0.1) is 16.7 Å². The molecule has 0 aliphatic carbocycles. The van der Waals surface area contributed by atoms with E-state index in [-0.39, 0.29) is 5.84 Å². The number of nitriles is 1. The van der Waals surface area contributed by atoms with Gasteiger partial charge in [0.15, 0.2) is 10.6 Å². The van der Waals surface area contributed by atoms with Crippen molar-refractivity contribution < 1.29 is 0 Å². The molecule has 152 valence electrons. The first-order valence-electron chi connectivity index (χ1n) is 9.83. The van der Waals surface area contributed by atoms with Crippen LogP contribution in [-0.4, -0.2) is 50.4 Å². The van der Waals surface area contributed by atoms with E-state index in [1.165, 1.54) is 30.3 Å². The number of rotatable bonds is 6. The highest BCUT2D eigenvalue weighted by atomic mass is 32.1. The minimum atomic E-state index is 0.142. The first kappa shape index (κ1) is 19.5. The van der Waals surface area contributed by atoms with Crippen LogP contribution in [0.1, 0.15) is 39.0 Å². The van der Waals surface area contributed by atoms with E-state index in [2.05, 4.69) is 36.6 Å². The Morgan fingerprint density at radius 2 is 2.17 bits per heavy atom. The van der Waals surface area contributed by atoms with E-state index in [0.717, 1.165) is 29.7 Å². The number of nitrogens with one attached hydrogen (secondary N) is 3. The Bertz CT molecular complexity index is 958. The molecule has 0 spiro atoms. The number of nitrogens with two attached hydrogens (primary N) is 1. The third-order valence-corrected chi connectivity index (χ3v) is 6.24. The van der Waals surface area contributed by atoms with E-state index in [1.807, 2.05) is 0 Å². The smallest absolute Gasteiger partial charge is 0.231 e. The second-order valence-corrected chi connectivity index (χ2v) is 8.51. The van der Waals surface area contributed by atoms with Crippen molar-refractivity contribution in [2.45, 2.75) is 57.2 Å². The number of hydrogen-bond acceptors (Lipinski definition) is 9. The van der Waals surface area contributed by atoms with E-state index in [1.54, 1.807) is 12.4 Å². The molecule has 4 heterocycles. The van der Waals surface area contributed by atoms with Crippen molar-refractivity contribution in [2.24, 2.45) is 5.73 Å². The maximum absolute atomic E-state index is 8.91. The van der Waals surface area contributed by atoms with Gasteiger partial charge in [0.05, 0.1) is 11.6 Å². The average Bonchev–Trinajstić information content (AvgIpc) is 3.21. The molecule has 4 rings (SSSR count). The van der Waals surface area contributed by atoms with E-state index < -0.39 is 0 Å². The lowest BCUT2D eigenvalue weighted by Crippen LogP contribution is -2.47. The van der Waals surface area contributed by atoms with E-state index in [0.29, 0.717) is 42.0 Å². The van der Waals surface area contributed by atoms with Gasteiger partial charge in [0.1, 0.15) is 11.4 Å². The molecule has 2 fully saturated rings. The van der Waals surface area contributed by atoms with E-state index >= 15 is 0 Å². The van der Waals surface area contributed by atoms with Crippen LogP contribution >= 0.6 is 11.3 Å². The molecule has 29 heavy (non-hydrogen) atoms. The zero-order chi connectivity index (χ0) is 20.4. The maximum Gasteiger partial charge on any atom is 0.231 e. The van der Waals surface area contributed by atoms with Gasteiger partial charge in [-0.2, -0.15) is 15.2 Å². The van der Waals surface area contributed by atoms with Crippen molar-refractivity contribution in [2.75, 3.05) is 17.2 Å². The molecule has 2 aliphatic heterocycles. The summed E-state index contributed by atoms with van der Waals surface area (Å²) in [6.07, 6.45) is 6.57. The fourth-order valence-corrected chi connectivity index (χ4v) is 5.09. The van der Waals surface area contributed by atoms with Crippen molar-refractivity contribution in [1.29, 1.82) is 10.7 Å². The molecule has 2 bridgehead atoms. The molecule has 2 aromatic rings. The first-order chi connectivity index (χ1) is 14.0. The Balaban J connectivity index is 1.51. The van der Waals surface area contributed by atoms with E-state index in [9.17, 15) is 0 Å². The largest absolute Gasteiger partial charge is 0.402 e. The van der Waals surface area contributed by atoms with Crippen LogP contribution in [-0.2, 0) is 0 Å². The van der Waals surface area contributed by atoms with Gasteiger partial charge in [-0.15, -0.1) is 11.3 Å². The molecule has 10 heteroatoms. The number of thiazole rings is 1. The molecule has 9 nitrogen and oxygen atoms in total.